The van der Waals surface area contributed by atoms with E-state index in [0.29, 0.717) is 26.2 Å². The quantitative estimate of drug-likeness (QED) is 0.788. The smallest absolute Gasteiger partial charge is 0.410 e. The van der Waals surface area contributed by atoms with Gasteiger partial charge in [-0.1, -0.05) is 36.8 Å². The zero-order valence-corrected chi connectivity index (χ0v) is 16.0. The molecule has 1 aromatic rings. The molecule has 1 atom stereocenters. The Bertz CT molecular complexity index is 687. The van der Waals surface area contributed by atoms with Crippen molar-refractivity contribution in [3.05, 3.63) is 35.9 Å². The maximum absolute atomic E-state index is 12.6. The zero-order valence-electron chi connectivity index (χ0n) is 15.2. The molecule has 0 N–H and O–H groups in total. The minimum atomic E-state index is -3.23. The summed E-state index contributed by atoms with van der Waals surface area (Å²) in [7, 11) is -3.23. The monoisotopic (exact) mass is 380 g/mol. The van der Waals surface area contributed by atoms with Gasteiger partial charge >= 0.3 is 6.09 Å². The Balaban J connectivity index is 1.51. The third-order valence-electron chi connectivity index (χ3n) is 5.14. The molecule has 0 radical (unpaired) electrons. The SMILES string of the molecule is O=C(OCc1ccccc1)N1CCCC(CS(=O)(=O)N2CCCCC2)C1. The fraction of sp³-hybridized carbons (Fsp3) is 0.632. The van der Waals surface area contributed by atoms with E-state index in [9.17, 15) is 13.2 Å². The van der Waals surface area contributed by atoms with Gasteiger partial charge < -0.3 is 9.64 Å². The fourth-order valence-electron chi connectivity index (χ4n) is 3.72. The topological polar surface area (TPSA) is 66.9 Å². The number of benzene rings is 1. The molecule has 2 aliphatic heterocycles. The van der Waals surface area contributed by atoms with Gasteiger partial charge in [-0.05, 0) is 37.2 Å². The molecule has 1 unspecified atom stereocenters. The molecule has 7 heteroatoms. The Morgan fingerprint density at radius 2 is 1.77 bits per heavy atom. The Labute approximate surface area is 156 Å². The van der Waals surface area contributed by atoms with E-state index >= 15 is 0 Å². The maximum atomic E-state index is 12.6. The van der Waals surface area contributed by atoms with Gasteiger partial charge in [0, 0.05) is 26.2 Å². The van der Waals surface area contributed by atoms with Crippen molar-refractivity contribution in [1.29, 1.82) is 0 Å². The van der Waals surface area contributed by atoms with Crippen LogP contribution in [0.5, 0.6) is 0 Å². The predicted octanol–water partition coefficient (Wildman–Crippen LogP) is 2.85. The lowest BCUT2D eigenvalue weighted by Gasteiger charge is -2.33. The van der Waals surface area contributed by atoms with Gasteiger partial charge in [-0.3, -0.25) is 0 Å². The number of ether oxygens (including phenoxy) is 1. The number of likely N-dealkylation sites (tertiary alicyclic amines) is 1. The Morgan fingerprint density at radius 1 is 1.04 bits per heavy atom. The molecular formula is C19H28N2O4S. The van der Waals surface area contributed by atoms with E-state index in [2.05, 4.69) is 0 Å². The second kappa shape index (κ2) is 8.86. The molecule has 0 saturated carbocycles. The third-order valence-corrected chi connectivity index (χ3v) is 7.18. The molecule has 2 aliphatic rings. The van der Waals surface area contributed by atoms with Gasteiger partial charge in [-0.15, -0.1) is 0 Å². The third kappa shape index (κ3) is 5.20. The van der Waals surface area contributed by atoms with E-state index in [-0.39, 0.29) is 24.4 Å². The molecule has 0 aliphatic carbocycles. The van der Waals surface area contributed by atoms with Gasteiger partial charge in [-0.25, -0.2) is 17.5 Å². The number of carbonyl (C=O) groups excluding carboxylic acids is 1. The summed E-state index contributed by atoms with van der Waals surface area (Å²) in [5.41, 5.74) is 0.946. The summed E-state index contributed by atoms with van der Waals surface area (Å²) in [5.74, 6) is 0.120. The van der Waals surface area contributed by atoms with Crippen LogP contribution in [-0.4, -0.2) is 55.6 Å². The molecule has 0 aromatic heterocycles. The highest BCUT2D eigenvalue weighted by molar-refractivity contribution is 7.89. The number of nitrogens with zero attached hydrogens (tertiary/aromatic N) is 2. The summed E-state index contributed by atoms with van der Waals surface area (Å²) in [5, 5.41) is 0. The van der Waals surface area contributed by atoms with Crippen molar-refractivity contribution in [1.82, 2.24) is 9.21 Å². The molecule has 2 heterocycles. The van der Waals surface area contributed by atoms with Crippen molar-refractivity contribution in [2.24, 2.45) is 5.92 Å². The predicted molar refractivity (Wildman–Crippen MR) is 100 cm³/mol. The van der Waals surface area contributed by atoms with Gasteiger partial charge in [0.15, 0.2) is 0 Å². The van der Waals surface area contributed by atoms with Crippen molar-refractivity contribution in [3.63, 3.8) is 0 Å². The van der Waals surface area contributed by atoms with Gasteiger partial charge in [0.2, 0.25) is 10.0 Å². The van der Waals surface area contributed by atoms with E-state index in [1.54, 1.807) is 9.21 Å². The summed E-state index contributed by atoms with van der Waals surface area (Å²) < 4.78 is 32.3. The second-order valence-electron chi connectivity index (χ2n) is 7.23. The number of sulfonamides is 1. The molecule has 144 valence electrons. The molecule has 6 nitrogen and oxygen atoms in total. The Hall–Kier alpha value is -1.60. The number of hydrogen-bond donors (Lipinski definition) is 0. The van der Waals surface area contributed by atoms with Crippen LogP contribution in [0.15, 0.2) is 30.3 Å². The van der Waals surface area contributed by atoms with Crippen LogP contribution in [0.4, 0.5) is 4.79 Å². The number of rotatable bonds is 5. The van der Waals surface area contributed by atoms with Crippen molar-refractivity contribution in [3.8, 4) is 0 Å². The summed E-state index contributed by atoms with van der Waals surface area (Å²) in [6, 6.07) is 9.56. The standard InChI is InChI=1S/C19H28N2O4S/c22-19(25-15-17-8-3-1-4-9-17)20-11-7-10-18(14-20)16-26(23,24)21-12-5-2-6-13-21/h1,3-4,8-9,18H,2,5-7,10-16H2. The zero-order chi connectivity index (χ0) is 18.4. The van der Waals surface area contributed by atoms with E-state index in [1.807, 2.05) is 30.3 Å². The highest BCUT2D eigenvalue weighted by Gasteiger charge is 2.31. The van der Waals surface area contributed by atoms with Crippen LogP contribution in [0.25, 0.3) is 0 Å². The first-order valence-electron chi connectivity index (χ1n) is 9.48. The molecule has 26 heavy (non-hydrogen) atoms. The highest BCUT2D eigenvalue weighted by Crippen LogP contribution is 2.22. The molecule has 2 fully saturated rings. The van der Waals surface area contributed by atoms with Crippen molar-refractivity contribution in [2.75, 3.05) is 31.9 Å². The number of hydrogen-bond acceptors (Lipinski definition) is 4. The van der Waals surface area contributed by atoms with Crippen molar-refractivity contribution in [2.45, 2.75) is 38.7 Å². The average Bonchev–Trinajstić information content (AvgIpc) is 2.67. The van der Waals surface area contributed by atoms with Crippen molar-refractivity contribution >= 4 is 16.1 Å². The molecule has 1 aromatic carbocycles. The highest BCUT2D eigenvalue weighted by atomic mass is 32.2. The van der Waals surface area contributed by atoms with Crippen LogP contribution in [0.1, 0.15) is 37.7 Å². The summed E-state index contributed by atoms with van der Waals surface area (Å²) in [6.07, 6.45) is 4.31. The van der Waals surface area contributed by atoms with Gasteiger partial charge in [0.1, 0.15) is 6.61 Å². The first-order chi connectivity index (χ1) is 12.5. The number of carbonyl (C=O) groups is 1. The minimum absolute atomic E-state index is 0.0139. The normalized spacial score (nSPS) is 22.2. The second-order valence-corrected chi connectivity index (χ2v) is 9.25. The van der Waals surface area contributed by atoms with Crippen LogP contribution >= 0.6 is 0 Å². The average molecular weight is 381 g/mol. The molecule has 3 rings (SSSR count). The summed E-state index contributed by atoms with van der Waals surface area (Å²) >= 11 is 0. The lowest BCUT2D eigenvalue weighted by Crippen LogP contribution is -2.45. The molecule has 1 amide bonds. The van der Waals surface area contributed by atoms with E-state index in [1.165, 1.54) is 0 Å². The lowest BCUT2D eigenvalue weighted by molar-refractivity contribution is 0.0811. The molecule has 2 saturated heterocycles. The van der Waals surface area contributed by atoms with E-state index in [0.717, 1.165) is 37.7 Å². The summed E-state index contributed by atoms with van der Waals surface area (Å²) in [4.78, 5) is 14.0. The van der Waals surface area contributed by atoms with Crippen LogP contribution in [0.3, 0.4) is 0 Å². The Morgan fingerprint density at radius 3 is 2.50 bits per heavy atom. The first-order valence-corrected chi connectivity index (χ1v) is 11.1. The van der Waals surface area contributed by atoms with Gasteiger partial charge in [0.05, 0.1) is 5.75 Å². The van der Waals surface area contributed by atoms with Crippen molar-refractivity contribution < 1.29 is 17.9 Å². The number of amides is 1. The minimum Gasteiger partial charge on any atom is -0.445 e. The van der Waals surface area contributed by atoms with Crippen LogP contribution in [0, 0.1) is 5.92 Å². The van der Waals surface area contributed by atoms with Crippen LogP contribution < -0.4 is 0 Å². The number of piperidine rings is 2. The Kier molecular flexibility index (Phi) is 6.53. The van der Waals surface area contributed by atoms with Gasteiger partial charge in [0.25, 0.3) is 0 Å². The van der Waals surface area contributed by atoms with Crippen LogP contribution in [-0.2, 0) is 21.4 Å². The van der Waals surface area contributed by atoms with Gasteiger partial charge in [-0.2, -0.15) is 0 Å². The molecule has 0 spiro atoms. The summed E-state index contributed by atoms with van der Waals surface area (Å²) in [6.45, 7) is 2.61. The maximum Gasteiger partial charge on any atom is 0.410 e. The molecule has 0 bridgehead atoms. The van der Waals surface area contributed by atoms with Crippen LogP contribution in [0.2, 0.25) is 0 Å². The van der Waals surface area contributed by atoms with E-state index < -0.39 is 10.0 Å². The largest absolute Gasteiger partial charge is 0.445 e. The fourth-order valence-corrected chi connectivity index (χ4v) is 5.62. The first kappa shape index (κ1) is 19.2. The lowest BCUT2D eigenvalue weighted by atomic mass is 10.0. The molecular weight excluding hydrogens is 352 g/mol. The van der Waals surface area contributed by atoms with E-state index in [4.69, 9.17) is 4.74 Å².